The van der Waals surface area contributed by atoms with Crippen LogP contribution in [0.4, 0.5) is 5.69 Å². The first-order valence-electron chi connectivity index (χ1n) is 9.60. The average molecular weight is 444 g/mol. The van der Waals surface area contributed by atoms with Crippen molar-refractivity contribution in [3.05, 3.63) is 76.3 Å². The van der Waals surface area contributed by atoms with Gasteiger partial charge in [-0.15, -0.1) is 0 Å². The van der Waals surface area contributed by atoms with Crippen LogP contribution >= 0.6 is 23.2 Å². The van der Waals surface area contributed by atoms with Crippen LogP contribution in [0.2, 0.25) is 10.0 Å². The quantitative estimate of drug-likeness (QED) is 0.334. The zero-order valence-corrected chi connectivity index (χ0v) is 18.6. The molecule has 1 atom stereocenters. The van der Waals surface area contributed by atoms with Crippen molar-refractivity contribution in [2.75, 3.05) is 7.11 Å². The Hall–Kier alpha value is -2.69. The zero-order chi connectivity index (χ0) is 21.5. The van der Waals surface area contributed by atoms with E-state index in [1.807, 2.05) is 55.5 Å². The molecule has 0 unspecified atom stereocenters. The van der Waals surface area contributed by atoms with Crippen LogP contribution in [0.1, 0.15) is 25.8 Å². The van der Waals surface area contributed by atoms with Crippen LogP contribution in [0.3, 0.4) is 0 Å². The Morgan fingerprint density at radius 2 is 1.77 bits per heavy atom. The van der Waals surface area contributed by atoms with Gasteiger partial charge < -0.3 is 14.2 Å². The Kier molecular flexibility index (Phi) is 7.61. The molecule has 0 bridgehead atoms. The molecule has 0 amide bonds. The predicted molar refractivity (Wildman–Crippen MR) is 124 cm³/mol. The molecule has 0 spiro atoms. The number of rotatable bonds is 8. The fraction of sp³-hybridized carbons (Fsp3) is 0.208. The highest BCUT2D eigenvalue weighted by Crippen LogP contribution is 2.37. The van der Waals surface area contributed by atoms with Crippen molar-refractivity contribution < 1.29 is 14.2 Å². The number of methoxy groups -OCH3 is 1. The third-order valence-electron chi connectivity index (χ3n) is 4.38. The summed E-state index contributed by atoms with van der Waals surface area (Å²) in [5, 5.41) is 1.12. The number of nitrogens with zero attached hydrogens (tertiary/aromatic N) is 1. The van der Waals surface area contributed by atoms with E-state index in [0.29, 0.717) is 33.0 Å². The summed E-state index contributed by atoms with van der Waals surface area (Å²) in [5.41, 5.74) is 1.59. The molecule has 0 heterocycles. The van der Waals surface area contributed by atoms with Gasteiger partial charge in [-0.05, 0) is 73.5 Å². The molecule has 3 aromatic rings. The molecule has 0 saturated carbocycles. The molecule has 0 fully saturated rings. The number of hydrogen-bond donors (Lipinski definition) is 0. The Morgan fingerprint density at radius 1 is 1.00 bits per heavy atom. The van der Waals surface area contributed by atoms with Crippen molar-refractivity contribution in [2.45, 2.75) is 26.4 Å². The van der Waals surface area contributed by atoms with Gasteiger partial charge in [0.2, 0.25) is 0 Å². The fourth-order valence-corrected chi connectivity index (χ4v) is 3.07. The molecule has 6 heteroatoms. The van der Waals surface area contributed by atoms with Gasteiger partial charge in [0.25, 0.3) is 0 Å². The Balaban J connectivity index is 1.73. The van der Waals surface area contributed by atoms with E-state index in [9.17, 15) is 0 Å². The maximum atomic E-state index is 6.41. The highest BCUT2D eigenvalue weighted by atomic mass is 35.5. The van der Waals surface area contributed by atoms with Crippen LogP contribution in [0.15, 0.2) is 65.7 Å². The summed E-state index contributed by atoms with van der Waals surface area (Å²) in [5.74, 6) is 2.51. The Morgan fingerprint density at radius 3 is 2.43 bits per heavy atom. The molecule has 0 aliphatic heterocycles. The van der Waals surface area contributed by atoms with E-state index in [2.05, 4.69) is 11.9 Å². The molecule has 30 heavy (non-hydrogen) atoms. The number of benzene rings is 3. The van der Waals surface area contributed by atoms with Gasteiger partial charge in [-0.1, -0.05) is 36.2 Å². The standard InChI is InChI=1S/C24H23Cl2NO3/c1-4-16(2)29-24-22(26)12-17(13-23(24)28-3)15-27-19-8-10-20(11-9-19)30-21-7-5-6-18(25)14-21/h5-16H,4H2,1-3H3/t16-/m1/s1. The van der Waals surface area contributed by atoms with Crippen molar-refractivity contribution in [3.63, 3.8) is 0 Å². The SMILES string of the molecule is CC[C@@H](C)Oc1c(Cl)cc(C=Nc2ccc(Oc3cccc(Cl)c3)cc2)cc1OC. The Bertz CT molecular complexity index is 1020. The van der Waals surface area contributed by atoms with Crippen LogP contribution in [-0.2, 0) is 0 Å². The van der Waals surface area contributed by atoms with Crippen molar-refractivity contribution in [1.82, 2.24) is 0 Å². The molecule has 0 N–H and O–H groups in total. The second kappa shape index (κ2) is 10.4. The van der Waals surface area contributed by atoms with E-state index in [4.69, 9.17) is 37.4 Å². The van der Waals surface area contributed by atoms with Crippen LogP contribution in [-0.4, -0.2) is 19.4 Å². The lowest BCUT2D eigenvalue weighted by Crippen LogP contribution is -2.11. The first kappa shape index (κ1) is 22.0. The smallest absolute Gasteiger partial charge is 0.180 e. The monoisotopic (exact) mass is 443 g/mol. The summed E-state index contributed by atoms with van der Waals surface area (Å²) in [4.78, 5) is 4.51. The summed E-state index contributed by atoms with van der Waals surface area (Å²) in [6.07, 6.45) is 2.65. The predicted octanol–water partition coefficient (Wildman–Crippen LogP) is 7.72. The molecule has 156 valence electrons. The molecule has 0 aliphatic carbocycles. The molecule has 3 aromatic carbocycles. The van der Waals surface area contributed by atoms with Crippen LogP contribution in [0.25, 0.3) is 0 Å². The summed E-state index contributed by atoms with van der Waals surface area (Å²) in [6.45, 7) is 4.04. The maximum Gasteiger partial charge on any atom is 0.180 e. The van der Waals surface area contributed by atoms with E-state index in [1.165, 1.54) is 0 Å². The second-order valence-corrected chi connectivity index (χ2v) is 7.53. The van der Waals surface area contributed by atoms with E-state index in [1.54, 1.807) is 25.5 Å². The lowest BCUT2D eigenvalue weighted by atomic mass is 10.2. The lowest BCUT2D eigenvalue weighted by Gasteiger charge is -2.17. The van der Waals surface area contributed by atoms with Crippen LogP contribution in [0.5, 0.6) is 23.0 Å². The molecule has 0 aromatic heterocycles. The number of ether oxygens (including phenoxy) is 3. The van der Waals surface area contributed by atoms with Gasteiger partial charge in [0.05, 0.1) is 23.9 Å². The normalized spacial score (nSPS) is 12.0. The van der Waals surface area contributed by atoms with Crippen molar-refractivity contribution in [2.24, 2.45) is 4.99 Å². The van der Waals surface area contributed by atoms with Crippen molar-refractivity contribution in [3.8, 4) is 23.0 Å². The van der Waals surface area contributed by atoms with Crippen molar-refractivity contribution in [1.29, 1.82) is 0 Å². The van der Waals surface area contributed by atoms with Gasteiger partial charge in [0.1, 0.15) is 11.5 Å². The van der Waals surface area contributed by atoms with Crippen LogP contribution < -0.4 is 14.2 Å². The molecule has 4 nitrogen and oxygen atoms in total. The second-order valence-electron chi connectivity index (χ2n) is 6.68. The van der Waals surface area contributed by atoms with Gasteiger partial charge in [-0.3, -0.25) is 4.99 Å². The molecular weight excluding hydrogens is 421 g/mol. The zero-order valence-electron chi connectivity index (χ0n) is 17.1. The molecule has 0 radical (unpaired) electrons. The number of aliphatic imine (C=N–C) groups is 1. The van der Waals surface area contributed by atoms with E-state index in [0.717, 1.165) is 17.7 Å². The third kappa shape index (κ3) is 5.91. The first-order chi connectivity index (χ1) is 14.5. The lowest BCUT2D eigenvalue weighted by molar-refractivity contribution is 0.208. The minimum Gasteiger partial charge on any atom is -0.493 e. The topological polar surface area (TPSA) is 40.0 Å². The average Bonchev–Trinajstić information content (AvgIpc) is 2.74. The van der Waals surface area contributed by atoms with E-state index < -0.39 is 0 Å². The minimum atomic E-state index is 0.0450. The summed E-state index contributed by atoms with van der Waals surface area (Å²) in [7, 11) is 1.59. The number of halogens is 2. The molecule has 3 rings (SSSR count). The van der Waals surface area contributed by atoms with E-state index >= 15 is 0 Å². The first-order valence-corrected chi connectivity index (χ1v) is 10.4. The summed E-state index contributed by atoms with van der Waals surface area (Å²) in [6, 6.07) is 18.4. The van der Waals surface area contributed by atoms with Gasteiger partial charge in [0, 0.05) is 11.2 Å². The van der Waals surface area contributed by atoms with Gasteiger partial charge in [-0.2, -0.15) is 0 Å². The largest absolute Gasteiger partial charge is 0.493 e. The van der Waals surface area contributed by atoms with Crippen molar-refractivity contribution >= 4 is 35.1 Å². The maximum absolute atomic E-state index is 6.41. The van der Waals surface area contributed by atoms with Gasteiger partial charge in [0.15, 0.2) is 11.5 Å². The third-order valence-corrected chi connectivity index (χ3v) is 4.89. The minimum absolute atomic E-state index is 0.0450. The molecule has 0 saturated heterocycles. The van der Waals surface area contributed by atoms with E-state index in [-0.39, 0.29) is 6.10 Å². The van der Waals surface area contributed by atoms with Gasteiger partial charge >= 0.3 is 0 Å². The number of hydrogen-bond acceptors (Lipinski definition) is 4. The highest BCUT2D eigenvalue weighted by molar-refractivity contribution is 6.32. The molecule has 0 aliphatic rings. The van der Waals surface area contributed by atoms with Crippen LogP contribution in [0, 0.1) is 0 Å². The summed E-state index contributed by atoms with van der Waals surface area (Å²) < 4.78 is 17.1. The Labute approximate surface area is 187 Å². The van der Waals surface area contributed by atoms with Gasteiger partial charge in [-0.25, -0.2) is 0 Å². The highest BCUT2D eigenvalue weighted by Gasteiger charge is 2.14. The molecular formula is C24H23Cl2NO3. The summed E-state index contributed by atoms with van der Waals surface area (Å²) >= 11 is 12.4. The fourth-order valence-electron chi connectivity index (χ4n) is 2.63.